The molecule has 0 radical (unpaired) electrons. The van der Waals surface area contributed by atoms with Crippen molar-refractivity contribution in [3.63, 3.8) is 0 Å². The minimum absolute atomic E-state index is 0.148. The molecule has 1 spiro atoms. The normalized spacial score (nSPS) is 30.2. The Labute approximate surface area is 335 Å². The Morgan fingerprint density at radius 2 is 1.53 bits per heavy atom. The van der Waals surface area contributed by atoms with E-state index in [0.29, 0.717) is 19.5 Å². The number of anilines is 1. The van der Waals surface area contributed by atoms with Crippen LogP contribution >= 0.6 is 0 Å². The van der Waals surface area contributed by atoms with E-state index in [-0.39, 0.29) is 17.9 Å². The highest BCUT2D eigenvalue weighted by atomic mass is 16.8. The number of hydrogen-bond donors (Lipinski definition) is 1. The molecule has 10 atom stereocenters. The van der Waals surface area contributed by atoms with Gasteiger partial charge in [0.2, 0.25) is 18.5 Å². The molecule has 4 aliphatic heterocycles. The summed E-state index contributed by atoms with van der Waals surface area (Å²) in [6, 6.07) is 17.0. The Hall–Kier alpha value is -5.58. The highest BCUT2D eigenvalue weighted by molar-refractivity contribution is 6.07. The van der Waals surface area contributed by atoms with E-state index in [0.717, 1.165) is 37.6 Å². The second-order valence-corrected chi connectivity index (χ2v) is 14.6. The SMILES string of the molecule is C=C[C@H]1[C@H](O[C@@H]2O[C@H](COC(C)=O)[C@@H](OC(C)=O)[C@H](OC(C)=O)[C@H]2OC(C)=O)OC=C(C(=O)OC)[C@H]1CC1N(Cc2ccccc2)CCC12C(=O)Nc1ccccc12. The van der Waals surface area contributed by atoms with Crippen LogP contribution in [0.2, 0.25) is 0 Å². The summed E-state index contributed by atoms with van der Waals surface area (Å²) in [7, 11) is 1.25. The van der Waals surface area contributed by atoms with Crippen molar-refractivity contribution in [3.05, 3.63) is 90.2 Å². The summed E-state index contributed by atoms with van der Waals surface area (Å²) in [5, 5.41) is 3.09. The van der Waals surface area contributed by atoms with Gasteiger partial charge in [-0.25, -0.2) is 4.79 Å². The van der Waals surface area contributed by atoms with E-state index in [1.54, 1.807) is 6.08 Å². The number of methoxy groups -OCH3 is 1. The molecule has 16 nitrogen and oxygen atoms in total. The van der Waals surface area contributed by atoms with Crippen LogP contribution in [0.5, 0.6) is 0 Å². The van der Waals surface area contributed by atoms with E-state index in [9.17, 15) is 28.8 Å². The molecule has 0 aliphatic carbocycles. The number of para-hydroxylation sites is 1. The Morgan fingerprint density at radius 1 is 0.879 bits per heavy atom. The molecule has 2 unspecified atom stereocenters. The van der Waals surface area contributed by atoms with Crippen molar-refractivity contribution in [1.29, 1.82) is 0 Å². The quantitative estimate of drug-likeness (QED) is 0.176. The van der Waals surface area contributed by atoms with Crippen molar-refractivity contribution in [2.24, 2.45) is 11.8 Å². The number of carbonyl (C=O) groups is 6. The van der Waals surface area contributed by atoms with Gasteiger partial charge in [0.25, 0.3) is 0 Å². The van der Waals surface area contributed by atoms with Crippen LogP contribution in [0, 0.1) is 11.8 Å². The van der Waals surface area contributed by atoms with Crippen LogP contribution in [0.4, 0.5) is 5.69 Å². The van der Waals surface area contributed by atoms with E-state index >= 15 is 0 Å². The lowest BCUT2D eigenvalue weighted by molar-refractivity contribution is -0.342. The average Bonchev–Trinajstić information content (AvgIpc) is 3.68. The summed E-state index contributed by atoms with van der Waals surface area (Å²) >= 11 is 0. The van der Waals surface area contributed by atoms with E-state index in [2.05, 4.69) is 16.8 Å². The lowest BCUT2D eigenvalue weighted by Gasteiger charge is -2.46. The van der Waals surface area contributed by atoms with Crippen molar-refractivity contribution >= 4 is 41.4 Å². The number of ether oxygens (including phenoxy) is 8. The zero-order chi connectivity index (χ0) is 41.7. The predicted octanol–water partition coefficient (Wildman–Crippen LogP) is 3.47. The zero-order valence-corrected chi connectivity index (χ0v) is 33.0. The van der Waals surface area contributed by atoms with Gasteiger partial charge in [-0.05, 0) is 30.0 Å². The number of likely N-dealkylation sites (tertiary alicyclic amines) is 1. The Kier molecular flexibility index (Phi) is 13.0. The minimum atomic E-state index is -1.58. The lowest BCUT2D eigenvalue weighted by Crippen LogP contribution is -2.63. The van der Waals surface area contributed by atoms with Gasteiger partial charge >= 0.3 is 29.8 Å². The van der Waals surface area contributed by atoms with Gasteiger partial charge in [0.05, 0.1) is 24.4 Å². The second kappa shape index (κ2) is 17.9. The van der Waals surface area contributed by atoms with Crippen LogP contribution in [0.25, 0.3) is 0 Å². The number of amides is 1. The fourth-order valence-corrected chi connectivity index (χ4v) is 8.61. The molecule has 16 heteroatoms. The van der Waals surface area contributed by atoms with Crippen molar-refractivity contribution in [1.82, 2.24) is 4.90 Å². The first-order valence-electron chi connectivity index (χ1n) is 19.0. The minimum Gasteiger partial charge on any atom is -0.471 e. The molecule has 4 aliphatic rings. The summed E-state index contributed by atoms with van der Waals surface area (Å²) in [4.78, 5) is 79.1. The maximum Gasteiger partial charge on any atom is 0.337 e. The molecule has 4 heterocycles. The number of nitrogens with zero attached hydrogens (tertiary/aromatic N) is 1. The highest BCUT2D eigenvalue weighted by Gasteiger charge is 2.60. The molecule has 2 fully saturated rings. The molecule has 1 N–H and O–H groups in total. The molecule has 310 valence electrons. The monoisotopic (exact) mass is 804 g/mol. The van der Waals surface area contributed by atoms with Crippen molar-refractivity contribution in [2.45, 2.75) is 95.5 Å². The van der Waals surface area contributed by atoms with Gasteiger partial charge in [-0.3, -0.25) is 28.9 Å². The molecule has 58 heavy (non-hydrogen) atoms. The summed E-state index contributed by atoms with van der Waals surface area (Å²) in [5.74, 6) is -5.45. The number of hydrogen-bond acceptors (Lipinski definition) is 15. The first-order valence-corrected chi connectivity index (χ1v) is 19.0. The van der Waals surface area contributed by atoms with Gasteiger partial charge in [0, 0.05) is 64.3 Å². The third kappa shape index (κ3) is 8.63. The number of esters is 5. The molecule has 0 bridgehead atoms. The van der Waals surface area contributed by atoms with Crippen LogP contribution in [0.15, 0.2) is 79.1 Å². The van der Waals surface area contributed by atoms with Crippen LogP contribution < -0.4 is 5.32 Å². The summed E-state index contributed by atoms with van der Waals surface area (Å²) in [6.07, 6.45) is -5.04. The maximum absolute atomic E-state index is 14.2. The molecule has 6 rings (SSSR count). The number of rotatable bonds is 13. The molecular weight excluding hydrogens is 756 g/mol. The van der Waals surface area contributed by atoms with Gasteiger partial charge in [0.15, 0.2) is 18.3 Å². The summed E-state index contributed by atoms with van der Waals surface area (Å²) < 4.78 is 45.9. The largest absolute Gasteiger partial charge is 0.471 e. The van der Waals surface area contributed by atoms with Crippen LogP contribution in [-0.4, -0.2) is 104 Å². The van der Waals surface area contributed by atoms with Crippen molar-refractivity contribution in [2.75, 3.05) is 25.6 Å². The molecular formula is C42H48N2O14. The topological polar surface area (TPSA) is 192 Å². The van der Waals surface area contributed by atoms with E-state index in [1.165, 1.54) is 20.3 Å². The van der Waals surface area contributed by atoms with Crippen LogP contribution in [0.3, 0.4) is 0 Å². The number of fused-ring (bicyclic) bond motifs is 2. The first-order chi connectivity index (χ1) is 27.8. The van der Waals surface area contributed by atoms with Crippen molar-refractivity contribution < 1.29 is 66.7 Å². The number of benzene rings is 2. The molecule has 0 aromatic heterocycles. The summed E-state index contributed by atoms with van der Waals surface area (Å²) in [5.41, 5.74) is 1.81. The highest BCUT2D eigenvalue weighted by Crippen LogP contribution is 2.52. The van der Waals surface area contributed by atoms with E-state index in [1.807, 2.05) is 54.6 Å². The molecule has 2 saturated heterocycles. The van der Waals surface area contributed by atoms with Gasteiger partial charge in [-0.15, -0.1) is 6.58 Å². The Bertz CT molecular complexity index is 1930. The maximum atomic E-state index is 14.2. The first kappa shape index (κ1) is 42.0. The third-order valence-corrected chi connectivity index (χ3v) is 11.0. The molecule has 1 amide bonds. The Balaban J connectivity index is 1.39. The average molecular weight is 805 g/mol. The predicted molar refractivity (Wildman–Crippen MR) is 202 cm³/mol. The van der Waals surface area contributed by atoms with Gasteiger partial charge in [0.1, 0.15) is 12.7 Å². The van der Waals surface area contributed by atoms with Crippen LogP contribution in [0.1, 0.15) is 51.7 Å². The fourth-order valence-electron chi connectivity index (χ4n) is 8.61. The zero-order valence-electron chi connectivity index (χ0n) is 33.0. The number of nitrogens with one attached hydrogen (secondary N) is 1. The molecule has 0 saturated carbocycles. The van der Waals surface area contributed by atoms with Crippen LogP contribution in [-0.2, 0) is 78.6 Å². The Morgan fingerprint density at radius 3 is 2.19 bits per heavy atom. The molecule has 2 aromatic rings. The second-order valence-electron chi connectivity index (χ2n) is 14.6. The number of carbonyl (C=O) groups excluding carboxylic acids is 6. The van der Waals surface area contributed by atoms with Gasteiger partial charge in [-0.2, -0.15) is 0 Å². The van der Waals surface area contributed by atoms with Gasteiger partial charge < -0.3 is 43.2 Å². The molecule has 2 aromatic carbocycles. The van der Waals surface area contributed by atoms with E-state index in [4.69, 9.17) is 37.9 Å². The standard InChI is InChI=1S/C42H48N2O14/c1-7-28-29(19-34-42(31-15-11-12-16-32(31)43-41(42)50)17-18-44(34)20-27-13-9-8-10-14-27)30(38(49)51-6)21-53-39(28)58-40-37(56-26(5)48)36(55-25(4)47)35(54-24(3)46)33(57-40)22-52-23(2)45/h7-16,21,28-29,33-37,39-40H,1,17-20,22H2,2-6H3,(H,43,50)/t28-,29+,33-,34?,35-,36+,37-,39+,40+,42?/m1/s1. The third-order valence-electron chi connectivity index (χ3n) is 11.0. The fraction of sp³-hybridized carbons (Fsp3) is 0.476. The summed E-state index contributed by atoms with van der Waals surface area (Å²) in [6.45, 7) is 9.24. The van der Waals surface area contributed by atoms with Gasteiger partial charge in [-0.1, -0.05) is 54.6 Å². The lowest BCUT2D eigenvalue weighted by atomic mass is 9.69. The smallest absolute Gasteiger partial charge is 0.337 e. The van der Waals surface area contributed by atoms with Crippen molar-refractivity contribution in [3.8, 4) is 0 Å². The van der Waals surface area contributed by atoms with E-state index < -0.39 is 96.7 Å².